The van der Waals surface area contributed by atoms with Crippen molar-refractivity contribution in [2.75, 3.05) is 5.73 Å². The Balaban J connectivity index is 2.39. The number of aromatic nitrogens is 2. The number of nitrogens with zero attached hydrogens (tertiary/aromatic N) is 2. The number of primary amides is 1. The van der Waals surface area contributed by atoms with Crippen LogP contribution in [0, 0.1) is 5.82 Å². The maximum atomic E-state index is 13.7. The van der Waals surface area contributed by atoms with Crippen LogP contribution in [0.1, 0.15) is 10.4 Å². The van der Waals surface area contributed by atoms with Crippen LogP contribution in [0.3, 0.4) is 0 Å². The van der Waals surface area contributed by atoms with Gasteiger partial charge in [0.15, 0.2) is 0 Å². The van der Waals surface area contributed by atoms with E-state index in [0.29, 0.717) is 5.03 Å². The minimum atomic E-state index is -0.697. The molecular weight excluding hydrogens is 255 g/mol. The van der Waals surface area contributed by atoms with Crippen LogP contribution in [0.15, 0.2) is 40.6 Å². The summed E-state index contributed by atoms with van der Waals surface area (Å²) in [6.45, 7) is 0. The average Bonchev–Trinajstić information content (AvgIpc) is 2.33. The lowest BCUT2D eigenvalue weighted by Gasteiger charge is -2.07. The molecule has 4 N–H and O–H groups in total. The normalized spacial score (nSPS) is 10.3. The molecule has 0 saturated heterocycles. The Morgan fingerprint density at radius 1 is 1.39 bits per heavy atom. The smallest absolute Gasteiger partial charge is 0.250 e. The van der Waals surface area contributed by atoms with Gasteiger partial charge in [0, 0.05) is 11.9 Å². The molecule has 18 heavy (non-hydrogen) atoms. The predicted molar refractivity (Wildman–Crippen MR) is 65.5 cm³/mol. The SMILES string of the molecule is NC(=O)c1cc(Sc2ccncn2)c(F)cc1N. The fraction of sp³-hybridized carbons (Fsp3) is 0. The van der Waals surface area contributed by atoms with Crippen molar-refractivity contribution in [3.8, 4) is 0 Å². The summed E-state index contributed by atoms with van der Waals surface area (Å²) in [5.41, 5.74) is 10.8. The van der Waals surface area contributed by atoms with Crippen molar-refractivity contribution in [1.82, 2.24) is 9.97 Å². The number of amides is 1. The molecule has 0 radical (unpaired) electrons. The molecule has 1 aromatic carbocycles. The largest absolute Gasteiger partial charge is 0.398 e. The summed E-state index contributed by atoms with van der Waals surface area (Å²) < 4.78 is 13.7. The fourth-order valence-electron chi connectivity index (χ4n) is 1.31. The molecule has 92 valence electrons. The van der Waals surface area contributed by atoms with E-state index < -0.39 is 11.7 Å². The molecule has 7 heteroatoms. The molecule has 2 aromatic rings. The zero-order valence-corrected chi connectivity index (χ0v) is 9.95. The Morgan fingerprint density at radius 2 is 2.17 bits per heavy atom. The number of halogens is 1. The molecule has 0 spiro atoms. The minimum Gasteiger partial charge on any atom is -0.398 e. The van der Waals surface area contributed by atoms with Gasteiger partial charge in [-0.1, -0.05) is 11.8 Å². The van der Waals surface area contributed by atoms with Crippen LogP contribution in [0.2, 0.25) is 0 Å². The van der Waals surface area contributed by atoms with E-state index in [1.807, 2.05) is 0 Å². The number of benzene rings is 1. The molecule has 0 fully saturated rings. The molecule has 1 heterocycles. The van der Waals surface area contributed by atoms with Crippen LogP contribution < -0.4 is 11.5 Å². The second-order valence-electron chi connectivity index (χ2n) is 3.38. The van der Waals surface area contributed by atoms with E-state index in [1.54, 1.807) is 12.3 Å². The summed E-state index contributed by atoms with van der Waals surface area (Å²) in [5, 5.41) is 0.559. The number of carbonyl (C=O) groups excluding carboxylic acids is 1. The quantitative estimate of drug-likeness (QED) is 0.646. The Bertz CT molecular complexity index is 591. The third-order valence-corrected chi connectivity index (χ3v) is 3.12. The number of nitrogens with two attached hydrogens (primary N) is 2. The average molecular weight is 264 g/mol. The molecule has 1 amide bonds. The highest BCUT2D eigenvalue weighted by Crippen LogP contribution is 2.30. The first-order chi connectivity index (χ1) is 8.58. The van der Waals surface area contributed by atoms with Crippen LogP contribution in [0.5, 0.6) is 0 Å². The Labute approximate surface area is 106 Å². The molecule has 0 saturated carbocycles. The van der Waals surface area contributed by atoms with E-state index in [-0.39, 0.29) is 16.1 Å². The molecular formula is C11H9FN4OS. The van der Waals surface area contributed by atoms with Gasteiger partial charge in [-0.3, -0.25) is 4.79 Å². The van der Waals surface area contributed by atoms with Gasteiger partial charge in [0.05, 0.1) is 10.5 Å². The standard InChI is InChI=1S/C11H9FN4OS/c12-7-4-8(13)6(11(14)17)3-9(7)18-10-1-2-15-5-16-10/h1-5H,13H2,(H2,14,17). The van der Waals surface area contributed by atoms with Gasteiger partial charge in [0.1, 0.15) is 17.2 Å². The highest BCUT2D eigenvalue weighted by molar-refractivity contribution is 7.99. The number of anilines is 1. The van der Waals surface area contributed by atoms with E-state index in [9.17, 15) is 9.18 Å². The van der Waals surface area contributed by atoms with Crippen molar-refractivity contribution in [2.24, 2.45) is 5.73 Å². The first kappa shape index (κ1) is 12.3. The first-order valence-electron chi connectivity index (χ1n) is 4.90. The summed E-state index contributed by atoms with van der Waals surface area (Å²) in [7, 11) is 0. The van der Waals surface area contributed by atoms with E-state index in [4.69, 9.17) is 11.5 Å². The first-order valence-corrected chi connectivity index (χ1v) is 5.72. The van der Waals surface area contributed by atoms with Gasteiger partial charge in [-0.2, -0.15) is 0 Å². The van der Waals surface area contributed by atoms with E-state index in [2.05, 4.69) is 9.97 Å². The van der Waals surface area contributed by atoms with Crippen LogP contribution in [0.25, 0.3) is 0 Å². The summed E-state index contributed by atoms with van der Waals surface area (Å²) in [6.07, 6.45) is 2.89. The number of hydrogen-bond acceptors (Lipinski definition) is 5. The van der Waals surface area contributed by atoms with Crippen molar-refractivity contribution in [2.45, 2.75) is 9.92 Å². The van der Waals surface area contributed by atoms with Crippen LogP contribution >= 0.6 is 11.8 Å². The van der Waals surface area contributed by atoms with E-state index >= 15 is 0 Å². The molecule has 0 atom stereocenters. The molecule has 0 aliphatic rings. The number of nitrogen functional groups attached to an aromatic ring is 1. The van der Waals surface area contributed by atoms with Gasteiger partial charge in [0.25, 0.3) is 5.91 Å². The van der Waals surface area contributed by atoms with Crippen LogP contribution in [-0.2, 0) is 0 Å². The Hall–Kier alpha value is -2.15. The lowest BCUT2D eigenvalue weighted by atomic mass is 10.1. The number of rotatable bonds is 3. The topological polar surface area (TPSA) is 94.9 Å². The zero-order chi connectivity index (χ0) is 13.1. The van der Waals surface area contributed by atoms with Gasteiger partial charge in [-0.05, 0) is 18.2 Å². The maximum Gasteiger partial charge on any atom is 0.250 e. The fourth-order valence-corrected chi connectivity index (χ4v) is 2.10. The second-order valence-corrected chi connectivity index (χ2v) is 4.45. The maximum absolute atomic E-state index is 13.7. The highest BCUT2D eigenvalue weighted by Gasteiger charge is 2.13. The molecule has 2 rings (SSSR count). The molecule has 0 bridgehead atoms. The van der Waals surface area contributed by atoms with Gasteiger partial charge in [0.2, 0.25) is 0 Å². The highest BCUT2D eigenvalue weighted by atomic mass is 32.2. The summed E-state index contributed by atoms with van der Waals surface area (Å²) in [4.78, 5) is 19.1. The van der Waals surface area contributed by atoms with Crippen LogP contribution in [0.4, 0.5) is 10.1 Å². The monoisotopic (exact) mass is 264 g/mol. The summed E-state index contributed by atoms with van der Waals surface area (Å²) in [6, 6.07) is 4.02. The molecule has 0 aliphatic heterocycles. The van der Waals surface area contributed by atoms with Gasteiger partial charge in [-0.15, -0.1) is 0 Å². The lowest BCUT2D eigenvalue weighted by molar-refractivity contribution is 0.100. The summed E-state index contributed by atoms with van der Waals surface area (Å²) in [5.74, 6) is -1.22. The van der Waals surface area contributed by atoms with Crippen molar-refractivity contribution < 1.29 is 9.18 Å². The lowest BCUT2D eigenvalue weighted by Crippen LogP contribution is -2.14. The summed E-state index contributed by atoms with van der Waals surface area (Å²) >= 11 is 1.07. The Morgan fingerprint density at radius 3 is 2.78 bits per heavy atom. The number of hydrogen-bond donors (Lipinski definition) is 2. The van der Waals surface area contributed by atoms with Gasteiger partial charge in [-0.25, -0.2) is 14.4 Å². The van der Waals surface area contributed by atoms with Crippen molar-refractivity contribution in [3.05, 3.63) is 42.1 Å². The Kier molecular flexibility index (Phi) is 3.42. The molecule has 1 aromatic heterocycles. The predicted octanol–water partition coefficient (Wildman–Crippen LogP) is 1.45. The third-order valence-electron chi connectivity index (χ3n) is 2.14. The third kappa shape index (κ3) is 2.57. The van der Waals surface area contributed by atoms with Crippen LogP contribution in [-0.4, -0.2) is 15.9 Å². The van der Waals surface area contributed by atoms with E-state index in [0.717, 1.165) is 17.8 Å². The molecule has 0 aliphatic carbocycles. The van der Waals surface area contributed by atoms with Crippen molar-refractivity contribution >= 4 is 23.4 Å². The van der Waals surface area contributed by atoms with Gasteiger partial charge < -0.3 is 11.5 Å². The van der Waals surface area contributed by atoms with Gasteiger partial charge >= 0.3 is 0 Å². The number of carbonyl (C=O) groups is 1. The molecule has 5 nitrogen and oxygen atoms in total. The van der Waals surface area contributed by atoms with E-state index in [1.165, 1.54) is 12.4 Å². The van der Waals surface area contributed by atoms with Crippen molar-refractivity contribution in [3.63, 3.8) is 0 Å². The van der Waals surface area contributed by atoms with Crippen molar-refractivity contribution in [1.29, 1.82) is 0 Å². The minimum absolute atomic E-state index is 0.0204. The second kappa shape index (κ2) is 5.01. The molecule has 0 unspecified atom stereocenters. The zero-order valence-electron chi connectivity index (χ0n) is 9.13.